The number of nitrogens with zero attached hydrogens (tertiary/aromatic N) is 3. The Bertz CT molecular complexity index is 611. The second kappa shape index (κ2) is 9.65. The Hall–Kier alpha value is -0.770. The Kier molecular flexibility index (Phi) is 7.86. The minimum atomic E-state index is -3.20. The van der Waals surface area contributed by atoms with E-state index in [0.717, 1.165) is 30.6 Å². The SMILES string of the molecule is CCNC(=NCCS(=O)(=O)N1CCSCC1)N(C)Cc1ccsc1. The number of aliphatic imine (C=N–C) groups is 1. The monoisotopic (exact) mass is 390 g/mol. The van der Waals surface area contributed by atoms with Gasteiger partial charge < -0.3 is 10.2 Å². The number of thiophene rings is 1. The van der Waals surface area contributed by atoms with E-state index in [1.54, 1.807) is 27.4 Å². The zero-order chi connectivity index (χ0) is 17.4. The number of hydrogen-bond acceptors (Lipinski definition) is 5. The Morgan fingerprint density at radius 1 is 1.42 bits per heavy atom. The lowest BCUT2D eigenvalue weighted by atomic mass is 10.3. The Morgan fingerprint density at radius 3 is 2.79 bits per heavy atom. The van der Waals surface area contributed by atoms with Crippen LogP contribution < -0.4 is 5.32 Å². The molecule has 0 atom stereocenters. The summed E-state index contributed by atoms with van der Waals surface area (Å²) >= 11 is 3.48. The first-order valence-corrected chi connectivity index (χ1v) is 11.8. The van der Waals surface area contributed by atoms with Crippen LogP contribution in [0.2, 0.25) is 0 Å². The molecule has 2 heterocycles. The standard InChI is InChI=1S/C15H26N4O2S3/c1-3-16-15(18(2)12-14-4-8-23-13-14)17-5-11-24(20,21)19-6-9-22-10-7-19/h4,8,13H,3,5-7,9-12H2,1-2H3,(H,16,17). The molecule has 1 N–H and O–H groups in total. The molecule has 1 aromatic heterocycles. The third-order valence-corrected chi connectivity index (χ3v) is 7.20. The Morgan fingerprint density at radius 2 is 2.17 bits per heavy atom. The fraction of sp³-hybridized carbons (Fsp3) is 0.667. The van der Waals surface area contributed by atoms with Gasteiger partial charge in [0, 0.05) is 44.7 Å². The third-order valence-electron chi connectivity index (χ3n) is 3.67. The van der Waals surface area contributed by atoms with Gasteiger partial charge in [0.25, 0.3) is 0 Å². The van der Waals surface area contributed by atoms with Gasteiger partial charge in [-0.1, -0.05) is 0 Å². The first-order chi connectivity index (χ1) is 11.5. The minimum Gasteiger partial charge on any atom is -0.357 e. The Labute approximate surface area is 153 Å². The van der Waals surface area contributed by atoms with Crippen molar-refractivity contribution >= 4 is 39.1 Å². The zero-order valence-electron chi connectivity index (χ0n) is 14.3. The maximum absolute atomic E-state index is 12.4. The molecule has 1 fully saturated rings. The molecule has 1 aliphatic rings. The summed E-state index contributed by atoms with van der Waals surface area (Å²) in [4.78, 5) is 6.52. The molecule has 1 aliphatic heterocycles. The summed E-state index contributed by atoms with van der Waals surface area (Å²) in [6.45, 7) is 5.04. The van der Waals surface area contributed by atoms with Crippen LogP contribution in [-0.2, 0) is 16.6 Å². The molecule has 136 valence electrons. The number of rotatable bonds is 7. The maximum atomic E-state index is 12.4. The molecule has 9 heteroatoms. The Balaban J connectivity index is 1.92. The molecule has 2 rings (SSSR count). The molecule has 1 aromatic rings. The molecule has 0 spiro atoms. The summed E-state index contributed by atoms with van der Waals surface area (Å²) in [5.74, 6) is 2.58. The average molecular weight is 391 g/mol. The normalized spacial score (nSPS) is 17.0. The van der Waals surface area contributed by atoms with E-state index < -0.39 is 10.0 Å². The van der Waals surface area contributed by atoms with Crippen molar-refractivity contribution in [3.05, 3.63) is 22.4 Å². The first-order valence-electron chi connectivity index (χ1n) is 8.09. The van der Waals surface area contributed by atoms with Gasteiger partial charge in [-0.3, -0.25) is 4.99 Å². The molecular formula is C15H26N4O2S3. The largest absolute Gasteiger partial charge is 0.357 e. The van der Waals surface area contributed by atoms with Crippen LogP contribution in [0.5, 0.6) is 0 Å². The number of guanidine groups is 1. The average Bonchev–Trinajstić information content (AvgIpc) is 3.07. The van der Waals surface area contributed by atoms with Gasteiger partial charge in [-0.2, -0.15) is 23.1 Å². The van der Waals surface area contributed by atoms with Crippen molar-refractivity contribution in [1.29, 1.82) is 0 Å². The van der Waals surface area contributed by atoms with Crippen molar-refractivity contribution in [2.75, 3.05) is 50.5 Å². The highest BCUT2D eigenvalue weighted by molar-refractivity contribution is 7.99. The predicted octanol–water partition coefficient (Wildman–Crippen LogP) is 1.52. The van der Waals surface area contributed by atoms with Gasteiger partial charge in [0.05, 0.1) is 12.3 Å². The van der Waals surface area contributed by atoms with Crippen LogP contribution in [0.4, 0.5) is 0 Å². The van der Waals surface area contributed by atoms with Crippen molar-refractivity contribution in [3.63, 3.8) is 0 Å². The third kappa shape index (κ3) is 5.94. The van der Waals surface area contributed by atoms with E-state index in [4.69, 9.17) is 0 Å². The first kappa shape index (κ1) is 19.6. The summed E-state index contributed by atoms with van der Waals surface area (Å²) in [5.41, 5.74) is 1.23. The molecule has 0 aromatic carbocycles. The van der Waals surface area contributed by atoms with Crippen molar-refractivity contribution < 1.29 is 8.42 Å². The summed E-state index contributed by atoms with van der Waals surface area (Å²) in [5, 5.41) is 7.39. The predicted molar refractivity (Wildman–Crippen MR) is 104 cm³/mol. The number of nitrogens with one attached hydrogen (secondary N) is 1. The van der Waals surface area contributed by atoms with Crippen LogP contribution in [0, 0.1) is 0 Å². The van der Waals surface area contributed by atoms with Gasteiger partial charge in [-0.25, -0.2) is 12.7 Å². The quantitative estimate of drug-likeness (QED) is 0.565. The van der Waals surface area contributed by atoms with Gasteiger partial charge in [0.1, 0.15) is 0 Å². The van der Waals surface area contributed by atoms with E-state index in [2.05, 4.69) is 27.1 Å². The molecule has 0 aliphatic carbocycles. The van der Waals surface area contributed by atoms with Crippen LogP contribution in [0.1, 0.15) is 12.5 Å². The van der Waals surface area contributed by atoms with Crippen LogP contribution >= 0.6 is 23.1 Å². The molecule has 1 saturated heterocycles. The van der Waals surface area contributed by atoms with E-state index in [1.165, 1.54) is 5.56 Å². The molecule has 0 amide bonds. The van der Waals surface area contributed by atoms with Crippen molar-refractivity contribution in [3.8, 4) is 0 Å². The highest BCUT2D eigenvalue weighted by atomic mass is 32.2. The van der Waals surface area contributed by atoms with Crippen molar-refractivity contribution in [2.45, 2.75) is 13.5 Å². The number of thioether (sulfide) groups is 1. The topological polar surface area (TPSA) is 65.0 Å². The van der Waals surface area contributed by atoms with Crippen LogP contribution in [0.15, 0.2) is 21.8 Å². The van der Waals surface area contributed by atoms with Crippen molar-refractivity contribution in [1.82, 2.24) is 14.5 Å². The lowest BCUT2D eigenvalue weighted by Crippen LogP contribution is -2.41. The lowest BCUT2D eigenvalue weighted by molar-refractivity contribution is 0.443. The van der Waals surface area contributed by atoms with E-state index in [-0.39, 0.29) is 12.3 Å². The van der Waals surface area contributed by atoms with Gasteiger partial charge in [0.2, 0.25) is 10.0 Å². The summed E-state index contributed by atoms with van der Waals surface area (Å²) in [6.07, 6.45) is 0. The molecule has 0 saturated carbocycles. The maximum Gasteiger partial charge on any atom is 0.215 e. The minimum absolute atomic E-state index is 0.0683. The van der Waals surface area contributed by atoms with Gasteiger partial charge in [0.15, 0.2) is 5.96 Å². The highest BCUT2D eigenvalue weighted by Gasteiger charge is 2.23. The molecular weight excluding hydrogens is 364 g/mol. The van der Waals surface area contributed by atoms with Crippen LogP contribution in [0.25, 0.3) is 0 Å². The van der Waals surface area contributed by atoms with E-state index in [9.17, 15) is 8.42 Å². The van der Waals surface area contributed by atoms with Crippen molar-refractivity contribution in [2.24, 2.45) is 4.99 Å². The second-order valence-corrected chi connectivity index (χ2v) is 9.64. The molecule has 0 bridgehead atoms. The number of hydrogen-bond donors (Lipinski definition) is 1. The van der Waals surface area contributed by atoms with E-state index in [1.807, 2.05) is 18.9 Å². The lowest BCUT2D eigenvalue weighted by Gasteiger charge is -2.25. The van der Waals surface area contributed by atoms with Gasteiger partial charge in [-0.05, 0) is 29.3 Å². The highest BCUT2D eigenvalue weighted by Crippen LogP contribution is 2.13. The fourth-order valence-electron chi connectivity index (χ4n) is 2.42. The second-order valence-electron chi connectivity index (χ2n) is 5.55. The summed E-state index contributed by atoms with van der Waals surface area (Å²) < 4.78 is 26.3. The summed E-state index contributed by atoms with van der Waals surface area (Å²) in [6, 6.07) is 2.09. The smallest absolute Gasteiger partial charge is 0.215 e. The number of sulfonamides is 1. The van der Waals surface area contributed by atoms with Crippen LogP contribution in [0.3, 0.4) is 0 Å². The molecule has 0 radical (unpaired) electrons. The van der Waals surface area contributed by atoms with E-state index >= 15 is 0 Å². The van der Waals surface area contributed by atoms with Gasteiger partial charge in [-0.15, -0.1) is 0 Å². The molecule has 6 nitrogen and oxygen atoms in total. The van der Waals surface area contributed by atoms with Gasteiger partial charge >= 0.3 is 0 Å². The fourth-order valence-corrected chi connectivity index (χ4v) is 5.53. The summed E-state index contributed by atoms with van der Waals surface area (Å²) in [7, 11) is -1.23. The van der Waals surface area contributed by atoms with E-state index in [0.29, 0.717) is 13.1 Å². The molecule has 0 unspecified atom stereocenters. The molecule has 24 heavy (non-hydrogen) atoms. The van der Waals surface area contributed by atoms with Crippen LogP contribution in [-0.4, -0.2) is 74.1 Å². The zero-order valence-corrected chi connectivity index (χ0v) is 16.7.